The Labute approximate surface area is 180 Å². The van der Waals surface area contributed by atoms with E-state index in [-0.39, 0.29) is 35.9 Å². The van der Waals surface area contributed by atoms with Crippen molar-refractivity contribution in [3.63, 3.8) is 0 Å². The van der Waals surface area contributed by atoms with Gasteiger partial charge in [0.1, 0.15) is 5.54 Å². The number of carbonyl (C=O) groups excluding carboxylic acids is 2. The number of aliphatic imine (C=N–C) groups is 1. The van der Waals surface area contributed by atoms with E-state index in [2.05, 4.69) is 34.8 Å². The summed E-state index contributed by atoms with van der Waals surface area (Å²) in [6.07, 6.45) is 6.06. The molecule has 1 atom stereocenters. The number of urea groups is 1. The van der Waals surface area contributed by atoms with E-state index < -0.39 is 5.54 Å². The Morgan fingerprint density at radius 2 is 1.89 bits per heavy atom. The van der Waals surface area contributed by atoms with Gasteiger partial charge in [0.05, 0.1) is 0 Å². The highest BCUT2D eigenvalue weighted by atomic mass is 127. The predicted molar refractivity (Wildman–Crippen MR) is 120 cm³/mol. The van der Waals surface area contributed by atoms with E-state index >= 15 is 0 Å². The smallest absolute Gasteiger partial charge is 0.325 e. The van der Waals surface area contributed by atoms with Crippen molar-refractivity contribution in [2.24, 2.45) is 10.4 Å². The molecule has 1 saturated carbocycles. The highest BCUT2D eigenvalue weighted by Crippen LogP contribution is 2.34. The van der Waals surface area contributed by atoms with E-state index in [0.29, 0.717) is 37.4 Å². The monoisotopic (exact) mass is 493 g/mol. The first-order chi connectivity index (χ1) is 12.2. The molecule has 3 amide bonds. The first-order valence-corrected chi connectivity index (χ1v) is 9.82. The Bertz CT molecular complexity index is 556. The lowest BCUT2D eigenvalue weighted by atomic mass is 9.75. The van der Waals surface area contributed by atoms with Crippen LogP contribution in [-0.4, -0.2) is 54.5 Å². The predicted octanol–water partition coefficient (Wildman–Crippen LogP) is 2.85. The highest BCUT2D eigenvalue weighted by molar-refractivity contribution is 14.0. The summed E-state index contributed by atoms with van der Waals surface area (Å²) in [5.74, 6) is 0.669. The van der Waals surface area contributed by atoms with Gasteiger partial charge in [-0.25, -0.2) is 4.79 Å². The molecule has 0 radical (unpaired) electrons. The molecule has 2 aliphatic rings. The summed E-state index contributed by atoms with van der Waals surface area (Å²) in [7, 11) is 1.77. The first-order valence-electron chi connectivity index (χ1n) is 9.82. The zero-order valence-electron chi connectivity index (χ0n) is 17.4. The van der Waals surface area contributed by atoms with Gasteiger partial charge in [-0.3, -0.25) is 14.7 Å². The summed E-state index contributed by atoms with van der Waals surface area (Å²) >= 11 is 0. The molecule has 0 aromatic carbocycles. The summed E-state index contributed by atoms with van der Waals surface area (Å²) in [6.45, 7) is 9.43. The molecule has 156 valence electrons. The Kier molecular flexibility index (Phi) is 8.82. The van der Waals surface area contributed by atoms with Crippen molar-refractivity contribution in [2.45, 2.75) is 77.8 Å². The van der Waals surface area contributed by atoms with Crippen LogP contribution in [0.25, 0.3) is 0 Å². The van der Waals surface area contributed by atoms with Crippen molar-refractivity contribution in [1.29, 1.82) is 0 Å². The van der Waals surface area contributed by atoms with Gasteiger partial charge in [0.15, 0.2) is 5.96 Å². The van der Waals surface area contributed by atoms with Crippen molar-refractivity contribution < 1.29 is 9.59 Å². The second-order valence-corrected chi connectivity index (χ2v) is 8.51. The molecule has 0 aromatic rings. The quantitative estimate of drug-likeness (QED) is 0.175. The lowest BCUT2D eigenvalue weighted by Gasteiger charge is -2.35. The van der Waals surface area contributed by atoms with Crippen LogP contribution in [0.1, 0.15) is 66.2 Å². The van der Waals surface area contributed by atoms with E-state index in [0.717, 1.165) is 18.8 Å². The van der Waals surface area contributed by atoms with Gasteiger partial charge >= 0.3 is 6.03 Å². The maximum absolute atomic E-state index is 12.4. The average Bonchev–Trinajstić information content (AvgIpc) is 2.82. The molecule has 1 heterocycles. The van der Waals surface area contributed by atoms with Gasteiger partial charge in [0.25, 0.3) is 5.91 Å². The number of guanidine groups is 1. The molecular formula is C19H36IN5O2. The number of hydrogen-bond donors (Lipinski definition) is 3. The van der Waals surface area contributed by atoms with Crippen LogP contribution in [0.5, 0.6) is 0 Å². The Morgan fingerprint density at radius 3 is 2.41 bits per heavy atom. The van der Waals surface area contributed by atoms with E-state index in [1.807, 2.05) is 6.92 Å². The Morgan fingerprint density at radius 1 is 1.26 bits per heavy atom. The van der Waals surface area contributed by atoms with E-state index in [4.69, 9.17) is 0 Å². The minimum Gasteiger partial charge on any atom is -0.356 e. The normalized spacial score (nSPS) is 25.8. The molecule has 0 aromatic heterocycles. The third-order valence-electron chi connectivity index (χ3n) is 5.81. The van der Waals surface area contributed by atoms with E-state index in [9.17, 15) is 9.59 Å². The minimum absolute atomic E-state index is 0. The Hall–Kier alpha value is -1.06. The van der Waals surface area contributed by atoms with Crippen molar-refractivity contribution >= 4 is 41.9 Å². The molecule has 8 heteroatoms. The fourth-order valence-corrected chi connectivity index (χ4v) is 3.57. The summed E-state index contributed by atoms with van der Waals surface area (Å²) in [6, 6.07) is 0.178. The van der Waals surface area contributed by atoms with Gasteiger partial charge in [0.2, 0.25) is 0 Å². The van der Waals surface area contributed by atoms with Gasteiger partial charge in [-0.15, -0.1) is 24.0 Å². The summed E-state index contributed by atoms with van der Waals surface area (Å²) in [4.78, 5) is 30.0. The fraction of sp³-hybridized carbons (Fsp3) is 0.842. The molecule has 1 aliphatic heterocycles. The lowest BCUT2D eigenvalue weighted by molar-refractivity contribution is -0.130. The van der Waals surface area contributed by atoms with Crippen LogP contribution >= 0.6 is 24.0 Å². The van der Waals surface area contributed by atoms with Crippen molar-refractivity contribution in [1.82, 2.24) is 20.9 Å². The number of nitrogens with one attached hydrogen (secondary N) is 3. The SMILES string of the molecule is CCC1(C)NC(=O)N(CCCNC(=NC)NC2CCC(C)(C)CC2)C1=O.I. The zero-order chi connectivity index (χ0) is 19.4. The number of carbonyl (C=O) groups is 2. The molecular weight excluding hydrogens is 457 g/mol. The van der Waals surface area contributed by atoms with Crippen LogP contribution in [0.15, 0.2) is 4.99 Å². The van der Waals surface area contributed by atoms with Gasteiger partial charge in [0, 0.05) is 26.2 Å². The van der Waals surface area contributed by atoms with Gasteiger partial charge in [-0.1, -0.05) is 20.8 Å². The summed E-state index contributed by atoms with van der Waals surface area (Å²) in [5, 5.41) is 9.57. The molecule has 27 heavy (non-hydrogen) atoms. The lowest BCUT2D eigenvalue weighted by Crippen LogP contribution is -2.46. The number of rotatable bonds is 6. The second-order valence-electron chi connectivity index (χ2n) is 8.51. The van der Waals surface area contributed by atoms with Crippen molar-refractivity contribution in [3.8, 4) is 0 Å². The first kappa shape index (κ1) is 24.0. The molecule has 2 fully saturated rings. The standard InChI is InChI=1S/C19H35N5O2.HI/c1-6-19(4)15(25)24(17(26)23-19)13-7-12-21-16(20-5)22-14-8-10-18(2,3)11-9-14;/h14H,6-13H2,1-5H3,(H,23,26)(H2,20,21,22);1H. The number of imide groups is 1. The molecule has 1 unspecified atom stereocenters. The van der Waals surface area contributed by atoms with E-state index in [1.54, 1.807) is 14.0 Å². The van der Waals surface area contributed by atoms with Crippen molar-refractivity contribution in [2.75, 3.05) is 20.1 Å². The molecule has 0 bridgehead atoms. The maximum Gasteiger partial charge on any atom is 0.325 e. The highest BCUT2D eigenvalue weighted by Gasteiger charge is 2.45. The van der Waals surface area contributed by atoms with Crippen LogP contribution in [-0.2, 0) is 4.79 Å². The second kappa shape index (κ2) is 9.93. The largest absolute Gasteiger partial charge is 0.356 e. The van der Waals surface area contributed by atoms with E-state index in [1.165, 1.54) is 17.7 Å². The van der Waals surface area contributed by atoms with Gasteiger partial charge < -0.3 is 16.0 Å². The van der Waals surface area contributed by atoms with Crippen molar-refractivity contribution in [3.05, 3.63) is 0 Å². The van der Waals surface area contributed by atoms with Gasteiger partial charge in [-0.05, 0) is 50.9 Å². The van der Waals surface area contributed by atoms with Crippen LogP contribution in [0, 0.1) is 5.41 Å². The van der Waals surface area contributed by atoms with Crippen LogP contribution in [0.4, 0.5) is 4.79 Å². The summed E-state index contributed by atoms with van der Waals surface area (Å²) < 4.78 is 0. The molecule has 1 aliphatic carbocycles. The third-order valence-corrected chi connectivity index (χ3v) is 5.81. The number of hydrogen-bond acceptors (Lipinski definition) is 3. The maximum atomic E-state index is 12.4. The molecule has 1 saturated heterocycles. The summed E-state index contributed by atoms with van der Waals surface area (Å²) in [5.41, 5.74) is -0.304. The molecule has 3 N–H and O–H groups in total. The molecule has 0 spiro atoms. The number of amides is 3. The fourth-order valence-electron chi connectivity index (χ4n) is 3.57. The number of halogens is 1. The van der Waals surface area contributed by atoms with Gasteiger partial charge in [-0.2, -0.15) is 0 Å². The third kappa shape index (κ3) is 6.22. The number of nitrogens with zero attached hydrogens (tertiary/aromatic N) is 2. The Balaban J connectivity index is 0.00000364. The topological polar surface area (TPSA) is 85.8 Å². The van der Waals surface area contributed by atoms with Crippen LogP contribution in [0.2, 0.25) is 0 Å². The zero-order valence-corrected chi connectivity index (χ0v) is 19.7. The van der Waals surface area contributed by atoms with Crippen LogP contribution in [0.3, 0.4) is 0 Å². The average molecular weight is 493 g/mol. The molecule has 2 rings (SSSR count). The minimum atomic E-state index is -0.753. The molecule has 7 nitrogen and oxygen atoms in total. The van der Waals surface area contributed by atoms with Crippen LogP contribution < -0.4 is 16.0 Å².